The van der Waals surface area contributed by atoms with Crippen molar-refractivity contribution in [2.45, 2.75) is 6.54 Å². The smallest absolute Gasteiger partial charge is 0.0991 e. The molecule has 0 spiro atoms. The Balaban J connectivity index is 1.95. The van der Waals surface area contributed by atoms with Gasteiger partial charge in [-0.05, 0) is 30.3 Å². The first-order valence-corrected chi connectivity index (χ1v) is 5.96. The third kappa shape index (κ3) is 1.77. The van der Waals surface area contributed by atoms with E-state index in [1.807, 2.05) is 30.6 Å². The molecule has 0 saturated heterocycles. The standard InChI is InChI=1S/C14H10ClN3/c15-13-8-18(9-14-12(13)5-6-17-14)11-3-1-10(7-16)2-4-11/h1-6,8,17H,9H2. The molecule has 0 saturated carbocycles. The summed E-state index contributed by atoms with van der Waals surface area (Å²) in [7, 11) is 0. The van der Waals surface area contributed by atoms with Crippen LogP contribution in [0.1, 0.15) is 16.8 Å². The number of nitrogens with one attached hydrogen (secondary N) is 1. The van der Waals surface area contributed by atoms with Gasteiger partial charge in [-0.2, -0.15) is 5.26 Å². The number of fused-ring (bicyclic) bond motifs is 1. The van der Waals surface area contributed by atoms with Crippen LogP contribution in [0, 0.1) is 11.3 Å². The maximum absolute atomic E-state index is 8.78. The number of aromatic nitrogens is 1. The highest BCUT2D eigenvalue weighted by Crippen LogP contribution is 2.31. The Labute approximate surface area is 110 Å². The van der Waals surface area contributed by atoms with Crippen molar-refractivity contribution < 1.29 is 0 Å². The molecule has 1 N–H and O–H groups in total. The van der Waals surface area contributed by atoms with E-state index < -0.39 is 0 Å². The fourth-order valence-corrected chi connectivity index (χ4v) is 2.37. The highest BCUT2D eigenvalue weighted by molar-refractivity contribution is 6.49. The number of hydrogen-bond acceptors (Lipinski definition) is 2. The summed E-state index contributed by atoms with van der Waals surface area (Å²) in [5.74, 6) is 0. The van der Waals surface area contributed by atoms with Gasteiger partial charge in [0.2, 0.25) is 0 Å². The molecular weight excluding hydrogens is 246 g/mol. The van der Waals surface area contributed by atoms with Gasteiger partial charge < -0.3 is 9.88 Å². The number of nitriles is 1. The Bertz CT molecular complexity index is 646. The van der Waals surface area contributed by atoms with E-state index in [9.17, 15) is 0 Å². The van der Waals surface area contributed by atoms with E-state index in [-0.39, 0.29) is 0 Å². The van der Waals surface area contributed by atoms with Gasteiger partial charge >= 0.3 is 0 Å². The van der Waals surface area contributed by atoms with Crippen LogP contribution in [0.2, 0.25) is 0 Å². The monoisotopic (exact) mass is 255 g/mol. The van der Waals surface area contributed by atoms with Crippen molar-refractivity contribution in [2.75, 3.05) is 4.90 Å². The van der Waals surface area contributed by atoms with Gasteiger partial charge in [-0.15, -0.1) is 0 Å². The minimum absolute atomic E-state index is 0.659. The van der Waals surface area contributed by atoms with Crippen molar-refractivity contribution in [2.24, 2.45) is 0 Å². The van der Waals surface area contributed by atoms with E-state index in [0.717, 1.165) is 28.5 Å². The number of hydrogen-bond donors (Lipinski definition) is 1. The third-order valence-corrected chi connectivity index (χ3v) is 3.32. The molecule has 3 nitrogen and oxygen atoms in total. The number of benzene rings is 1. The van der Waals surface area contributed by atoms with Gasteiger partial charge in [0, 0.05) is 29.3 Å². The molecule has 3 rings (SSSR count). The van der Waals surface area contributed by atoms with Gasteiger partial charge in [-0.1, -0.05) is 11.6 Å². The molecule has 18 heavy (non-hydrogen) atoms. The number of aromatic amines is 1. The molecule has 0 amide bonds. The lowest BCUT2D eigenvalue weighted by Crippen LogP contribution is -2.19. The molecule has 0 aliphatic carbocycles. The van der Waals surface area contributed by atoms with E-state index in [1.165, 1.54) is 0 Å². The van der Waals surface area contributed by atoms with Gasteiger partial charge in [0.05, 0.1) is 23.2 Å². The van der Waals surface area contributed by atoms with Crippen molar-refractivity contribution in [3.8, 4) is 6.07 Å². The van der Waals surface area contributed by atoms with Crippen LogP contribution in [0.4, 0.5) is 5.69 Å². The van der Waals surface area contributed by atoms with Gasteiger partial charge in [-0.25, -0.2) is 0 Å². The fourth-order valence-electron chi connectivity index (χ4n) is 2.07. The van der Waals surface area contributed by atoms with Crippen LogP contribution in [0.15, 0.2) is 42.7 Å². The van der Waals surface area contributed by atoms with Crippen molar-refractivity contribution in [1.29, 1.82) is 5.26 Å². The minimum Gasteiger partial charge on any atom is -0.363 e. The number of nitrogens with zero attached hydrogens (tertiary/aromatic N) is 2. The zero-order valence-corrected chi connectivity index (χ0v) is 10.3. The van der Waals surface area contributed by atoms with Crippen molar-refractivity contribution in [3.05, 3.63) is 59.5 Å². The molecule has 2 heterocycles. The first-order valence-electron chi connectivity index (χ1n) is 5.58. The van der Waals surface area contributed by atoms with Crippen LogP contribution in [0.3, 0.4) is 0 Å². The summed E-state index contributed by atoms with van der Waals surface area (Å²) >= 11 is 6.24. The molecule has 1 aliphatic rings. The molecule has 0 bridgehead atoms. The maximum atomic E-state index is 8.78. The van der Waals surface area contributed by atoms with Gasteiger partial charge in [0.15, 0.2) is 0 Å². The lowest BCUT2D eigenvalue weighted by molar-refractivity contribution is 0.918. The highest BCUT2D eigenvalue weighted by atomic mass is 35.5. The van der Waals surface area contributed by atoms with Gasteiger partial charge in [0.1, 0.15) is 0 Å². The van der Waals surface area contributed by atoms with Crippen LogP contribution < -0.4 is 4.90 Å². The normalized spacial score (nSPS) is 13.8. The van der Waals surface area contributed by atoms with Crippen LogP contribution in [-0.4, -0.2) is 4.98 Å². The number of rotatable bonds is 1. The molecule has 0 atom stereocenters. The third-order valence-electron chi connectivity index (χ3n) is 3.02. The van der Waals surface area contributed by atoms with Gasteiger partial charge in [0.25, 0.3) is 0 Å². The summed E-state index contributed by atoms with van der Waals surface area (Å²) in [6.45, 7) is 0.754. The van der Waals surface area contributed by atoms with Crippen molar-refractivity contribution in [3.63, 3.8) is 0 Å². The largest absolute Gasteiger partial charge is 0.363 e. The summed E-state index contributed by atoms with van der Waals surface area (Å²) < 4.78 is 0. The molecule has 2 aromatic rings. The summed E-state index contributed by atoms with van der Waals surface area (Å²) in [5, 5.41) is 9.51. The predicted octanol–water partition coefficient (Wildman–Crippen LogP) is 3.44. The quantitative estimate of drug-likeness (QED) is 0.848. The Morgan fingerprint density at radius 2 is 2.00 bits per heavy atom. The van der Waals surface area contributed by atoms with Crippen LogP contribution in [0.25, 0.3) is 5.03 Å². The molecule has 1 aromatic heterocycles. The minimum atomic E-state index is 0.659. The van der Waals surface area contributed by atoms with Crippen LogP contribution in [-0.2, 0) is 6.54 Å². The summed E-state index contributed by atoms with van der Waals surface area (Å²) in [6, 6.07) is 11.5. The van der Waals surface area contributed by atoms with E-state index in [4.69, 9.17) is 16.9 Å². The average Bonchev–Trinajstić information content (AvgIpc) is 2.88. The van der Waals surface area contributed by atoms with Crippen LogP contribution >= 0.6 is 11.6 Å². The van der Waals surface area contributed by atoms with Crippen LogP contribution in [0.5, 0.6) is 0 Å². The van der Waals surface area contributed by atoms with E-state index in [0.29, 0.717) is 5.56 Å². The van der Waals surface area contributed by atoms with E-state index in [2.05, 4.69) is 16.0 Å². The molecule has 0 fully saturated rings. The molecule has 1 aliphatic heterocycles. The Morgan fingerprint density at radius 3 is 2.72 bits per heavy atom. The summed E-state index contributed by atoms with van der Waals surface area (Å²) in [4.78, 5) is 5.25. The summed E-state index contributed by atoms with van der Waals surface area (Å²) in [5.41, 5.74) is 3.84. The second kappa shape index (κ2) is 4.25. The van der Waals surface area contributed by atoms with Crippen molar-refractivity contribution >= 4 is 22.3 Å². The second-order valence-electron chi connectivity index (χ2n) is 4.13. The molecule has 1 aromatic carbocycles. The topological polar surface area (TPSA) is 42.8 Å². The SMILES string of the molecule is N#Cc1ccc(N2C=C(Cl)c3cc[nH]c3C2)cc1. The van der Waals surface area contributed by atoms with Gasteiger partial charge in [-0.3, -0.25) is 0 Å². The zero-order valence-electron chi connectivity index (χ0n) is 9.52. The Morgan fingerprint density at radius 1 is 1.22 bits per heavy atom. The number of H-pyrrole nitrogens is 1. The predicted molar refractivity (Wildman–Crippen MR) is 72.0 cm³/mol. The lowest BCUT2D eigenvalue weighted by atomic mass is 10.1. The molecule has 0 unspecified atom stereocenters. The molecule has 0 radical (unpaired) electrons. The highest BCUT2D eigenvalue weighted by Gasteiger charge is 2.17. The zero-order chi connectivity index (χ0) is 12.5. The fraction of sp³-hybridized carbons (Fsp3) is 0.0714. The molecular formula is C14H10ClN3. The average molecular weight is 256 g/mol. The Kier molecular flexibility index (Phi) is 2.58. The summed E-state index contributed by atoms with van der Waals surface area (Å²) in [6.07, 6.45) is 3.81. The van der Waals surface area contributed by atoms with E-state index in [1.54, 1.807) is 12.1 Å². The van der Waals surface area contributed by atoms with E-state index >= 15 is 0 Å². The molecule has 88 valence electrons. The second-order valence-corrected chi connectivity index (χ2v) is 4.54. The number of halogens is 1. The Hall–Kier alpha value is -2.18. The first kappa shape index (κ1) is 10.9. The first-order chi connectivity index (χ1) is 8.78. The van der Waals surface area contributed by atoms with Crippen molar-refractivity contribution in [1.82, 2.24) is 4.98 Å². The maximum Gasteiger partial charge on any atom is 0.0991 e. The lowest BCUT2D eigenvalue weighted by Gasteiger charge is -2.25. The number of anilines is 1. The molecule has 4 heteroatoms.